The summed E-state index contributed by atoms with van der Waals surface area (Å²) in [5, 5.41) is 12.4. The zero-order chi connectivity index (χ0) is 30.8. The molecule has 0 saturated heterocycles. The molecule has 1 saturated carbocycles. The molecule has 1 aliphatic carbocycles. The van der Waals surface area contributed by atoms with Gasteiger partial charge >= 0.3 is 6.18 Å². The van der Waals surface area contributed by atoms with Crippen molar-refractivity contribution in [2.24, 2.45) is 0 Å². The van der Waals surface area contributed by atoms with Crippen LogP contribution >= 0.6 is 0 Å². The first-order valence-corrected chi connectivity index (χ1v) is 18.3. The van der Waals surface area contributed by atoms with Crippen LogP contribution in [0.15, 0.2) is 29.5 Å². The van der Waals surface area contributed by atoms with Crippen molar-refractivity contribution in [3.05, 3.63) is 57.5 Å². The second kappa shape index (κ2) is 12.7. The number of hydrogen-bond donors (Lipinski definition) is 1. The van der Waals surface area contributed by atoms with E-state index >= 15 is 0 Å². The molecule has 1 fully saturated rings. The number of rotatable bonds is 13. The predicted molar refractivity (Wildman–Crippen MR) is 158 cm³/mol. The van der Waals surface area contributed by atoms with Crippen molar-refractivity contribution in [2.75, 3.05) is 30.0 Å². The maximum atomic E-state index is 13.2. The summed E-state index contributed by atoms with van der Waals surface area (Å²) in [5.41, 5.74) is 2.19. The molecule has 11 nitrogen and oxygen atoms in total. The summed E-state index contributed by atoms with van der Waals surface area (Å²) in [6, 6.07) is 2.88. The summed E-state index contributed by atoms with van der Waals surface area (Å²) in [7, 11) is -1.21. The van der Waals surface area contributed by atoms with Crippen LogP contribution < -0.4 is 15.8 Å². The Hall–Kier alpha value is -3.30. The second-order valence-electron chi connectivity index (χ2n) is 12.5. The first-order valence-electron chi connectivity index (χ1n) is 14.6. The third-order valence-electron chi connectivity index (χ3n) is 7.39. The van der Waals surface area contributed by atoms with Crippen LogP contribution in [-0.2, 0) is 42.1 Å². The Balaban J connectivity index is 1.12. The van der Waals surface area contributed by atoms with Crippen LogP contribution in [0, 0.1) is 0 Å². The molecule has 1 unspecified atom stereocenters. The highest BCUT2D eigenvalue weighted by atomic mass is 28.3. The van der Waals surface area contributed by atoms with Gasteiger partial charge in [-0.05, 0) is 37.8 Å². The number of nitrogens with one attached hydrogen (secondary N) is 1. The standard InChI is InChI=1S/C28H39F3N8O3Si/c1-19(35-24-14-34-39(18-41-9-10-43(2,3)4)26(40)25(24)20-5-6-20)16-42-17-22-11-23-15-37(7-8-38(23)36-22)27-32-12-21(13-33-27)28(29,30)31/h11-14,19-20,35H,5-10,15-18H2,1-4H3. The summed E-state index contributed by atoms with van der Waals surface area (Å²) < 4.78 is 53.5. The summed E-state index contributed by atoms with van der Waals surface area (Å²) in [5.74, 6) is 0.490. The molecule has 43 heavy (non-hydrogen) atoms. The lowest BCUT2D eigenvalue weighted by atomic mass is 10.1. The van der Waals surface area contributed by atoms with Crippen molar-refractivity contribution in [1.29, 1.82) is 0 Å². The first kappa shape index (κ1) is 31.1. The Morgan fingerprint density at radius 1 is 1.12 bits per heavy atom. The van der Waals surface area contributed by atoms with Crippen LogP contribution in [0.5, 0.6) is 0 Å². The van der Waals surface area contributed by atoms with E-state index in [1.54, 1.807) is 6.20 Å². The SMILES string of the molecule is CC(COCc1cc2n(n1)CCN(c1ncc(C(F)(F)F)cn1)C2)Nc1cnn(COCC[Si](C)(C)C)c(=O)c1C1CC1. The van der Waals surface area contributed by atoms with Gasteiger partial charge in [-0.1, -0.05) is 19.6 Å². The van der Waals surface area contributed by atoms with E-state index < -0.39 is 19.8 Å². The summed E-state index contributed by atoms with van der Waals surface area (Å²) in [6.07, 6.45) is 0.834. The van der Waals surface area contributed by atoms with Gasteiger partial charge in [0.15, 0.2) is 0 Å². The third kappa shape index (κ3) is 8.20. The fourth-order valence-electron chi connectivity index (χ4n) is 4.85. The molecule has 0 spiro atoms. The van der Waals surface area contributed by atoms with E-state index in [0.29, 0.717) is 39.5 Å². The fraction of sp³-hybridized carbons (Fsp3) is 0.607. The number of hydrogen-bond acceptors (Lipinski definition) is 9. The highest BCUT2D eigenvalue weighted by Crippen LogP contribution is 2.41. The largest absolute Gasteiger partial charge is 0.419 e. The molecule has 0 amide bonds. The highest BCUT2D eigenvalue weighted by Gasteiger charge is 2.32. The van der Waals surface area contributed by atoms with E-state index in [4.69, 9.17) is 9.47 Å². The number of halogens is 3. The molecule has 234 valence electrons. The number of alkyl halides is 3. The molecule has 1 atom stereocenters. The molecule has 4 heterocycles. The Morgan fingerprint density at radius 2 is 1.86 bits per heavy atom. The zero-order valence-corrected chi connectivity index (χ0v) is 26.0. The van der Waals surface area contributed by atoms with Crippen molar-refractivity contribution in [3.8, 4) is 0 Å². The highest BCUT2D eigenvalue weighted by molar-refractivity contribution is 6.76. The molecule has 0 bridgehead atoms. The van der Waals surface area contributed by atoms with Gasteiger partial charge in [-0.15, -0.1) is 0 Å². The number of nitrogens with zero attached hydrogens (tertiary/aromatic N) is 7. The van der Waals surface area contributed by atoms with Crippen LogP contribution in [0.4, 0.5) is 24.8 Å². The zero-order valence-electron chi connectivity index (χ0n) is 25.0. The topological polar surface area (TPSA) is 112 Å². The summed E-state index contributed by atoms with van der Waals surface area (Å²) in [6.45, 7) is 11.9. The van der Waals surface area contributed by atoms with Crippen LogP contribution in [0.2, 0.25) is 25.7 Å². The van der Waals surface area contributed by atoms with Crippen LogP contribution in [0.25, 0.3) is 0 Å². The van der Waals surface area contributed by atoms with Gasteiger partial charge in [0.25, 0.3) is 5.56 Å². The van der Waals surface area contributed by atoms with Gasteiger partial charge in [0.2, 0.25) is 5.95 Å². The van der Waals surface area contributed by atoms with E-state index in [1.165, 1.54) is 4.68 Å². The minimum atomic E-state index is -4.47. The van der Waals surface area contributed by atoms with E-state index in [1.807, 2.05) is 22.6 Å². The van der Waals surface area contributed by atoms with Crippen molar-refractivity contribution < 1.29 is 22.6 Å². The minimum absolute atomic E-state index is 0.0768. The molecule has 1 N–H and O–H groups in total. The van der Waals surface area contributed by atoms with Gasteiger partial charge in [0.05, 0.1) is 55.1 Å². The summed E-state index contributed by atoms with van der Waals surface area (Å²) in [4.78, 5) is 22.8. The average molecular weight is 621 g/mol. The summed E-state index contributed by atoms with van der Waals surface area (Å²) >= 11 is 0. The van der Waals surface area contributed by atoms with Crippen molar-refractivity contribution in [1.82, 2.24) is 29.5 Å². The molecule has 2 aliphatic rings. The molecular weight excluding hydrogens is 581 g/mol. The van der Waals surface area contributed by atoms with Gasteiger partial charge in [-0.2, -0.15) is 23.4 Å². The second-order valence-corrected chi connectivity index (χ2v) is 18.1. The molecule has 5 rings (SSSR count). The normalized spacial score (nSPS) is 16.3. The molecule has 1 aliphatic heterocycles. The Morgan fingerprint density at radius 3 is 2.53 bits per heavy atom. The molecule has 0 aromatic carbocycles. The maximum absolute atomic E-state index is 13.2. The lowest BCUT2D eigenvalue weighted by Crippen LogP contribution is -2.35. The van der Waals surface area contributed by atoms with E-state index in [9.17, 15) is 18.0 Å². The Bertz CT molecular complexity index is 1450. The maximum Gasteiger partial charge on any atom is 0.419 e. The van der Waals surface area contributed by atoms with Gasteiger partial charge in [-0.25, -0.2) is 14.6 Å². The predicted octanol–water partition coefficient (Wildman–Crippen LogP) is 4.48. The number of aromatic nitrogens is 6. The van der Waals surface area contributed by atoms with Crippen molar-refractivity contribution >= 4 is 19.7 Å². The number of fused-ring (bicyclic) bond motifs is 1. The van der Waals surface area contributed by atoms with E-state index in [0.717, 1.165) is 53.9 Å². The smallest absolute Gasteiger partial charge is 0.379 e. The molecule has 0 radical (unpaired) electrons. The van der Waals surface area contributed by atoms with E-state index in [-0.39, 0.29) is 30.2 Å². The van der Waals surface area contributed by atoms with Crippen LogP contribution in [0.3, 0.4) is 0 Å². The molecule has 15 heteroatoms. The Kier molecular flexibility index (Phi) is 9.22. The third-order valence-corrected chi connectivity index (χ3v) is 9.10. The van der Waals surface area contributed by atoms with Gasteiger partial charge < -0.3 is 19.7 Å². The van der Waals surface area contributed by atoms with Crippen molar-refractivity contribution in [3.63, 3.8) is 0 Å². The van der Waals surface area contributed by atoms with Gasteiger partial charge in [-0.3, -0.25) is 9.48 Å². The minimum Gasteiger partial charge on any atom is -0.379 e. The molecule has 3 aromatic rings. The van der Waals surface area contributed by atoms with Crippen LogP contribution in [-0.4, -0.2) is 63.4 Å². The number of ether oxygens (including phenoxy) is 2. The first-order chi connectivity index (χ1) is 20.4. The molecule has 3 aromatic heterocycles. The quantitative estimate of drug-likeness (QED) is 0.218. The lowest BCUT2D eigenvalue weighted by Gasteiger charge is -2.27. The molecular formula is C28H39F3N8O3Si. The fourth-order valence-corrected chi connectivity index (χ4v) is 5.61. The van der Waals surface area contributed by atoms with Gasteiger partial charge in [0, 0.05) is 45.2 Å². The Labute approximate surface area is 249 Å². The average Bonchev–Trinajstić information content (AvgIpc) is 3.69. The monoisotopic (exact) mass is 620 g/mol. The van der Waals surface area contributed by atoms with Crippen LogP contribution in [0.1, 0.15) is 48.2 Å². The van der Waals surface area contributed by atoms with Crippen molar-refractivity contribution in [2.45, 2.75) is 90.0 Å². The van der Waals surface area contributed by atoms with E-state index in [2.05, 4.69) is 45.1 Å². The van der Waals surface area contributed by atoms with Gasteiger partial charge in [0.1, 0.15) is 6.73 Å². The number of anilines is 2. The lowest BCUT2D eigenvalue weighted by molar-refractivity contribution is -0.138.